The number of anilines is 1. The van der Waals surface area contributed by atoms with Crippen molar-refractivity contribution in [3.63, 3.8) is 0 Å². The van der Waals surface area contributed by atoms with Crippen LogP contribution in [0.15, 0.2) is 18.2 Å². The molecule has 0 heterocycles. The van der Waals surface area contributed by atoms with Crippen molar-refractivity contribution in [2.75, 3.05) is 24.4 Å². The summed E-state index contributed by atoms with van der Waals surface area (Å²) in [4.78, 5) is 2.00. The Hall–Kier alpha value is -0.760. The van der Waals surface area contributed by atoms with Crippen molar-refractivity contribution < 1.29 is 4.39 Å². The van der Waals surface area contributed by atoms with Crippen LogP contribution < -0.4 is 4.90 Å². The molecule has 72 valence electrons. The molecular weight excluding hydrogens is 189 g/mol. The largest absolute Gasteiger partial charge is 0.373 e. The molecule has 1 nitrogen and oxygen atoms in total. The van der Waals surface area contributed by atoms with Gasteiger partial charge in [0.2, 0.25) is 0 Å². The molecule has 0 bridgehead atoms. The number of hydrogen-bond acceptors (Lipinski definition) is 1. The van der Waals surface area contributed by atoms with E-state index in [0.717, 1.165) is 12.2 Å². The summed E-state index contributed by atoms with van der Waals surface area (Å²) in [6, 6.07) is 5.06. The number of nitrogens with zero attached hydrogens (tertiary/aromatic N) is 1. The van der Waals surface area contributed by atoms with Crippen LogP contribution in [0.3, 0.4) is 0 Å². The third kappa shape index (κ3) is 2.59. The highest BCUT2D eigenvalue weighted by atomic mass is 35.5. The van der Waals surface area contributed by atoms with Gasteiger partial charge in [0.1, 0.15) is 5.82 Å². The highest BCUT2D eigenvalue weighted by Gasteiger charge is 2.02. The lowest BCUT2D eigenvalue weighted by molar-refractivity contribution is 0.618. The molecule has 1 rings (SSSR count). The monoisotopic (exact) mass is 201 g/mol. The zero-order valence-corrected chi connectivity index (χ0v) is 8.61. The average molecular weight is 202 g/mol. The predicted octanol–water partition coefficient (Wildman–Crippen LogP) is 2.81. The predicted molar refractivity (Wildman–Crippen MR) is 55.1 cm³/mol. The molecule has 0 radical (unpaired) electrons. The Bertz CT molecular complexity index is 288. The third-order valence-electron chi connectivity index (χ3n) is 2.00. The van der Waals surface area contributed by atoms with Crippen molar-refractivity contribution in [1.82, 2.24) is 0 Å². The van der Waals surface area contributed by atoms with Crippen LogP contribution in [0.25, 0.3) is 0 Å². The van der Waals surface area contributed by atoms with Gasteiger partial charge in [-0.15, -0.1) is 11.6 Å². The molecular formula is C10H13ClFN. The molecule has 0 unspecified atom stereocenters. The van der Waals surface area contributed by atoms with E-state index in [1.807, 2.05) is 18.0 Å². The summed E-state index contributed by atoms with van der Waals surface area (Å²) in [5.41, 5.74) is 1.67. The van der Waals surface area contributed by atoms with Crippen LogP contribution in [-0.2, 0) is 0 Å². The van der Waals surface area contributed by atoms with E-state index < -0.39 is 0 Å². The van der Waals surface area contributed by atoms with Gasteiger partial charge in [0.05, 0.1) is 0 Å². The van der Waals surface area contributed by atoms with E-state index in [1.165, 1.54) is 6.07 Å². The molecule has 13 heavy (non-hydrogen) atoms. The quantitative estimate of drug-likeness (QED) is 0.680. The first-order chi connectivity index (χ1) is 6.15. The Kier molecular flexibility index (Phi) is 3.55. The normalized spacial score (nSPS) is 10.2. The zero-order chi connectivity index (χ0) is 9.84. The molecule has 0 aromatic heterocycles. The second kappa shape index (κ2) is 4.47. The molecule has 0 N–H and O–H groups in total. The molecule has 0 aliphatic heterocycles. The van der Waals surface area contributed by atoms with Crippen molar-refractivity contribution in [2.45, 2.75) is 6.92 Å². The number of rotatable bonds is 3. The van der Waals surface area contributed by atoms with Gasteiger partial charge in [0.15, 0.2) is 0 Å². The van der Waals surface area contributed by atoms with E-state index in [1.54, 1.807) is 13.0 Å². The number of alkyl halides is 1. The maximum Gasteiger partial charge on any atom is 0.126 e. The topological polar surface area (TPSA) is 3.24 Å². The Morgan fingerprint density at radius 1 is 1.46 bits per heavy atom. The number of halogens is 2. The van der Waals surface area contributed by atoms with Gasteiger partial charge in [-0.05, 0) is 30.7 Å². The van der Waals surface area contributed by atoms with Crippen molar-refractivity contribution >= 4 is 17.3 Å². The fraction of sp³-hybridized carbons (Fsp3) is 0.400. The molecule has 0 aliphatic carbocycles. The highest BCUT2D eigenvalue weighted by molar-refractivity contribution is 6.18. The number of aryl methyl sites for hydroxylation is 1. The van der Waals surface area contributed by atoms with Gasteiger partial charge in [-0.1, -0.05) is 0 Å². The first-order valence-electron chi connectivity index (χ1n) is 4.18. The van der Waals surface area contributed by atoms with Gasteiger partial charge in [-0.3, -0.25) is 0 Å². The first kappa shape index (κ1) is 10.3. The average Bonchev–Trinajstić information content (AvgIpc) is 2.10. The Balaban J connectivity index is 2.84. The molecule has 0 aliphatic rings. The van der Waals surface area contributed by atoms with Crippen LogP contribution in [0.1, 0.15) is 5.56 Å². The van der Waals surface area contributed by atoms with Gasteiger partial charge < -0.3 is 4.90 Å². The molecule has 0 saturated heterocycles. The standard InChI is InChI=1S/C10H13ClFN/c1-8-7-9(3-4-10(8)12)13(2)6-5-11/h3-4,7H,5-6H2,1-2H3. The lowest BCUT2D eigenvalue weighted by atomic mass is 10.2. The lowest BCUT2D eigenvalue weighted by Crippen LogP contribution is -2.19. The zero-order valence-electron chi connectivity index (χ0n) is 7.85. The van der Waals surface area contributed by atoms with Gasteiger partial charge in [0, 0.05) is 25.2 Å². The van der Waals surface area contributed by atoms with Crippen LogP contribution >= 0.6 is 11.6 Å². The SMILES string of the molecule is Cc1cc(N(C)CCCl)ccc1F. The van der Waals surface area contributed by atoms with Crippen molar-refractivity contribution in [2.24, 2.45) is 0 Å². The van der Waals surface area contributed by atoms with Crippen LogP contribution in [-0.4, -0.2) is 19.5 Å². The molecule has 0 saturated carbocycles. The minimum absolute atomic E-state index is 0.164. The van der Waals surface area contributed by atoms with Crippen LogP contribution in [0.2, 0.25) is 0 Å². The summed E-state index contributed by atoms with van der Waals surface area (Å²) >= 11 is 5.60. The van der Waals surface area contributed by atoms with Crippen molar-refractivity contribution in [3.05, 3.63) is 29.6 Å². The second-order valence-electron chi connectivity index (χ2n) is 3.04. The van der Waals surface area contributed by atoms with Crippen LogP contribution in [0.5, 0.6) is 0 Å². The Morgan fingerprint density at radius 2 is 2.15 bits per heavy atom. The summed E-state index contributed by atoms with van der Waals surface area (Å²) in [5.74, 6) is 0.412. The highest BCUT2D eigenvalue weighted by Crippen LogP contribution is 2.16. The van der Waals surface area contributed by atoms with Gasteiger partial charge in [0.25, 0.3) is 0 Å². The van der Waals surface area contributed by atoms with Gasteiger partial charge in [-0.25, -0.2) is 4.39 Å². The first-order valence-corrected chi connectivity index (χ1v) is 4.72. The number of hydrogen-bond donors (Lipinski definition) is 0. The van der Waals surface area contributed by atoms with E-state index in [4.69, 9.17) is 11.6 Å². The third-order valence-corrected chi connectivity index (χ3v) is 2.17. The second-order valence-corrected chi connectivity index (χ2v) is 3.42. The van der Waals surface area contributed by atoms with Crippen LogP contribution in [0, 0.1) is 12.7 Å². The summed E-state index contributed by atoms with van der Waals surface area (Å²) in [6.45, 7) is 2.53. The minimum atomic E-state index is -0.164. The maximum atomic E-state index is 12.9. The Labute approximate surface area is 83.1 Å². The van der Waals surface area contributed by atoms with Crippen molar-refractivity contribution in [1.29, 1.82) is 0 Å². The summed E-state index contributed by atoms with van der Waals surface area (Å²) in [7, 11) is 1.94. The van der Waals surface area contributed by atoms with E-state index in [0.29, 0.717) is 11.4 Å². The summed E-state index contributed by atoms with van der Waals surface area (Å²) < 4.78 is 12.9. The van der Waals surface area contributed by atoms with Crippen molar-refractivity contribution in [3.8, 4) is 0 Å². The molecule has 0 fully saturated rings. The van der Waals surface area contributed by atoms with E-state index >= 15 is 0 Å². The van der Waals surface area contributed by atoms with Gasteiger partial charge >= 0.3 is 0 Å². The smallest absolute Gasteiger partial charge is 0.126 e. The number of benzene rings is 1. The van der Waals surface area contributed by atoms with E-state index in [9.17, 15) is 4.39 Å². The maximum absolute atomic E-state index is 12.9. The molecule has 0 atom stereocenters. The van der Waals surface area contributed by atoms with Crippen LogP contribution in [0.4, 0.5) is 10.1 Å². The Morgan fingerprint density at radius 3 is 2.69 bits per heavy atom. The molecule has 0 spiro atoms. The molecule has 0 amide bonds. The summed E-state index contributed by atoms with van der Waals surface area (Å²) in [5, 5.41) is 0. The van der Waals surface area contributed by atoms with Gasteiger partial charge in [-0.2, -0.15) is 0 Å². The van der Waals surface area contributed by atoms with E-state index in [2.05, 4.69) is 0 Å². The fourth-order valence-electron chi connectivity index (χ4n) is 1.12. The summed E-state index contributed by atoms with van der Waals surface area (Å²) in [6.07, 6.45) is 0. The van der Waals surface area contributed by atoms with E-state index in [-0.39, 0.29) is 5.82 Å². The molecule has 1 aromatic carbocycles. The fourth-order valence-corrected chi connectivity index (χ4v) is 1.38. The molecule has 3 heteroatoms. The minimum Gasteiger partial charge on any atom is -0.373 e. The lowest BCUT2D eigenvalue weighted by Gasteiger charge is -2.18. The molecule has 1 aromatic rings.